The van der Waals surface area contributed by atoms with Crippen LogP contribution in [0.25, 0.3) is 10.9 Å². The summed E-state index contributed by atoms with van der Waals surface area (Å²) in [7, 11) is 0. The van der Waals surface area contributed by atoms with Crippen molar-refractivity contribution >= 4 is 40.3 Å². The first-order valence-corrected chi connectivity index (χ1v) is 13.6. The largest absolute Gasteiger partial charge is 0.356 e. The number of aromatic amines is 1. The van der Waals surface area contributed by atoms with E-state index >= 15 is 0 Å². The quantitative estimate of drug-likeness (QED) is 0.305. The summed E-state index contributed by atoms with van der Waals surface area (Å²) in [6.45, 7) is 2.98. The summed E-state index contributed by atoms with van der Waals surface area (Å²) in [6, 6.07) is 16.5. The summed E-state index contributed by atoms with van der Waals surface area (Å²) in [4.78, 5) is 70.1. The maximum atomic E-state index is 13.6. The first kappa shape index (κ1) is 27.1. The zero-order valence-corrected chi connectivity index (χ0v) is 22.3. The summed E-state index contributed by atoms with van der Waals surface area (Å²) in [5.74, 6) is -3.11. The lowest BCUT2D eigenvalue weighted by Gasteiger charge is -2.26. The van der Waals surface area contributed by atoms with Crippen molar-refractivity contribution in [2.24, 2.45) is 11.8 Å². The Kier molecular flexibility index (Phi) is 7.95. The van der Waals surface area contributed by atoms with Gasteiger partial charge in [0.05, 0.1) is 6.04 Å². The molecule has 2 aliphatic rings. The number of H-pyrrole nitrogens is 1. The van der Waals surface area contributed by atoms with Gasteiger partial charge >= 0.3 is 0 Å². The molecule has 1 aromatic heterocycles. The van der Waals surface area contributed by atoms with E-state index in [2.05, 4.69) is 20.9 Å². The Bertz CT molecular complexity index is 1400. The number of benzene rings is 2. The Morgan fingerprint density at radius 3 is 2.52 bits per heavy atom. The average molecular weight is 544 g/mol. The van der Waals surface area contributed by atoms with Crippen LogP contribution >= 0.6 is 0 Å². The summed E-state index contributed by atoms with van der Waals surface area (Å²) in [5.41, 5.74) is 2.02. The van der Waals surface area contributed by atoms with Crippen molar-refractivity contribution in [1.82, 2.24) is 25.8 Å². The van der Waals surface area contributed by atoms with Crippen molar-refractivity contribution in [3.05, 3.63) is 71.9 Å². The number of carbonyl (C=O) groups is 5. The van der Waals surface area contributed by atoms with Crippen LogP contribution in [-0.2, 0) is 25.7 Å². The molecule has 4 amide bonds. The molecule has 0 unspecified atom stereocenters. The third kappa shape index (κ3) is 5.90. The predicted octanol–water partition coefficient (Wildman–Crippen LogP) is 1.92. The number of hydrogen-bond donors (Lipinski definition) is 4. The number of carbonyl (C=O) groups excluding carboxylic acids is 5. The summed E-state index contributed by atoms with van der Waals surface area (Å²) in [5, 5.41) is 8.98. The molecule has 40 heavy (non-hydrogen) atoms. The van der Waals surface area contributed by atoms with E-state index in [-0.39, 0.29) is 30.7 Å². The number of para-hydroxylation sites is 1. The third-order valence-corrected chi connectivity index (χ3v) is 7.67. The number of fused-ring (bicyclic) bond motifs is 1. The molecular weight excluding hydrogens is 510 g/mol. The first-order valence-electron chi connectivity index (χ1n) is 13.6. The number of nitrogens with one attached hydrogen (secondary N) is 4. The lowest BCUT2D eigenvalue weighted by Crippen LogP contribution is -2.54. The SMILES string of the molecule is C[C@@H]1C[C@@H](C(=O)N[C@@H](C[C@@H]2CCNC2=O)C(=O)C(=O)NCc2ccccc2)N(C(=O)c2cc3ccccc3[nH]2)C1. The Hall–Kier alpha value is -4.47. The minimum atomic E-state index is -1.20. The van der Waals surface area contributed by atoms with Gasteiger partial charge in [-0.1, -0.05) is 55.5 Å². The van der Waals surface area contributed by atoms with E-state index in [0.29, 0.717) is 31.6 Å². The zero-order chi connectivity index (χ0) is 28.2. The minimum Gasteiger partial charge on any atom is -0.356 e. The fraction of sp³-hybridized carbons (Fsp3) is 0.367. The van der Waals surface area contributed by atoms with Crippen LogP contribution in [0.15, 0.2) is 60.7 Å². The highest BCUT2D eigenvalue weighted by Crippen LogP contribution is 2.27. The number of nitrogens with zero attached hydrogens (tertiary/aromatic N) is 1. The van der Waals surface area contributed by atoms with E-state index in [1.807, 2.05) is 61.5 Å². The molecular formula is C30H33N5O5. The molecule has 0 saturated carbocycles. The van der Waals surface area contributed by atoms with E-state index in [4.69, 9.17) is 0 Å². The van der Waals surface area contributed by atoms with Crippen molar-refractivity contribution < 1.29 is 24.0 Å². The van der Waals surface area contributed by atoms with Gasteiger partial charge in [-0.2, -0.15) is 0 Å². The van der Waals surface area contributed by atoms with Crippen LogP contribution in [0.2, 0.25) is 0 Å². The van der Waals surface area contributed by atoms with Gasteiger partial charge < -0.3 is 25.8 Å². The molecule has 10 nitrogen and oxygen atoms in total. The Morgan fingerprint density at radius 1 is 1.05 bits per heavy atom. The molecule has 4 N–H and O–H groups in total. The highest BCUT2D eigenvalue weighted by Gasteiger charge is 2.41. The van der Waals surface area contributed by atoms with E-state index in [1.165, 1.54) is 4.90 Å². The molecule has 2 aliphatic heterocycles. The second kappa shape index (κ2) is 11.7. The molecule has 2 aromatic carbocycles. The van der Waals surface area contributed by atoms with Crippen LogP contribution in [0.5, 0.6) is 0 Å². The number of ketones is 1. The maximum absolute atomic E-state index is 13.6. The Labute approximate surface area is 231 Å². The van der Waals surface area contributed by atoms with Crippen LogP contribution in [0.3, 0.4) is 0 Å². The zero-order valence-electron chi connectivity index (χ0n) is 22.3. The number of amides is 4. The number of aromatic nitrogens is 1. The molecule has 0 bridgehead atoms. The summed E-state index contributed by atoms with van der Waals surface area (Å²) in [6.07, 6.45) is 0.936. The van der Waals surface area contributed by atoms with Crippen molar-refractivity contribution in [1.29, 1.82) is 0 Å². The predicted molar refractivity (Wildman–Crippen MR) is 148 cm³/mol. The van der Waals surface area contributed by atoms with Crippen molar-refractivity contribution in [3.63, 3.8) is 0 Å². The van der Waals surface area contributed by atoms with E-state index < -0.39 is 35.6 Å². The molecule has 2 saturated heterocycles. The van der Waals surface area contributed by atoms with Crippen LogP contribution in [0.4, 0.5) is 0 Å². The van der Waals surface area contributed by atoms with Gasteiger partial charge in [0.15, 0.2) is 0 Å². The Morgan fingerprint density at radius 2 is 1.80 bits per heavy atom. The molecule has 2 fully saturated rings. The van der Waals surface area contributed by atoms with Gasteiger partial charge in [-0.3, -0.25) is 24.0 Å². The molecule has 10 heteroatoms. The van der Waals surface area contributed by atoms with Crippen molar-refractivity contribution in [2.75, 3.05) is 13.1 Å². The van der Waals surface area contributed by atoms with Gasteiger partial charge in [0, 0.05) is 36.5 Å². The monoisotopic (exact) mass is 543 g/mol. The Balaban J connectivity index is 1.31. The molecule has 0 radical (unpaired) electrons. The topological polar surface area (TPSA) is 140 Å². The smallest absolute Gasteiger partial charge is 0.289 e. The summed E-state index contributed by atoms with van der Waals surface area (Å²) < 4.78 is 0. The molecule has 4 atom stereocenters. The molecule has 0 aliphatic carbocycles. The van der Waals surface area contributed by atoms with Crippen LogP contribution in [0.1, 0.15) is 42.2 Å². The minimum absolute atomic E-state index is 0.00734. The normalized spacial score (nSPS) is 21.2. The van der Waals surface area contributed by atoms with Crippen LogP contribution in [-0.4, -0.2) is 64.5 Å². The van der Waals surface area contributed by atoms with Gasteiger partial charge in [0.25, 0.3) is 11.8 Å². The van der Waals surface area contributed by atoms with Crippen LogP contribution in [0, 0.1) is 11.8 Å². The van der Waals surface area contributed by atoms with Gasteiger partial charge in [-0.05, 0) is 42.9 Å². The van der Waals surface area contributed by atoms with Crippen molar-refractivity contribution in [2.45, 2.75) is 44.8 Å². The second-order valence-corrected chi connectivity index (χ2v) is 10.7. The van der Waals surface area contributed by atoms with Crippen LogP contribution < -0.4 is 16.0 Å². The number of rotatable bonds is 9. The maximum Gasteiger partial charge on any atom is 0.289 e. The van der Waals surface area contributed by atoms with E-state index in [9.17, 15) is 24.0 Å². The van der Waals surface area contributed by atoms with E-state index in [0.717, 1.165) is 16.5 Å². The number of likely N-dealkylation sites (tertiary alicyclic amines) is 1. The average Bonchev–Trinajstić information content (AvgIpc) is 3.69. The number of hydrogen-bond acceptors (Lipinski definition) is 5. The lowest BCUT2D eigenvalue weighted by molar-refractivity contribution is -0.141. The van der Waals surface area contributed by atoms with Gasteiger partial charge in [-0.15, -0.1) is 0 Å². The van der Waals surface area contributed by atoms with E-state index in [1.54, 1.807) is 6.07 Å². The molecule has 5 rings (SSSR count). The highest BCUT2D eigenvalue weighted by molar-refractivity contribution is 6.38. The molecule has 208 valence electrons. The first-order chi connectivity index (χ1) is 19.3. The van der Waals surface area contributed by atoms with Gasteiger partial charge in [0.1, 0.15) is 11.7 Å². The molecule has 0 spiro atoms. The second-order valence-electron chi connectivity index (χ2n) is 10.7. The highest BCUT2D eigenvalue weighted by atomic mass is 16.2. The van der Waals surface area contributed by atoms with Crippen molar-refractivity contribution in [3.8, 4) is 0 Å². The molecule has 3 aromatic rings. The lowest BCUT2D eigenvalue weighted by atomic mass is 9.95. The standard InChI is InChI=1S/C30H33N5O5/c1-18-13-25(35(17-18)30(40)24-14-20-9-5-6-10-22(20)33-24)28(38)34-23(15-21-11-12-31-27(21)37)26(36)29(39)32-16-19-7-3-2-4-8-19/h2-10,14,18,21,23,25,33H,11-13,15-17H2,1H3,(H,31,37)(H,32,39)(H,34,38)/t18-,21+,23+,25+/m1/s1. The fourth-order valence-electron chi connectivity index (χ4n) is 5.54. The third-order valence-electron chi connectivity index (χ3n) is 7.67. The molecule has 3 heterocycles. The summed E-state index contributed by atoms with van der Waals surface area (Å²) >= 11 is 0. The number of Topliss-reactive ketones (excluding diaryl/α,β-unsaturated/α-hetero) is 1. The fourth-order valence-corrected chi connectivity index (χ4v) is 5.54. The van der Waals surface area contributed by atoms with Gasteiger partial charge in [0.2, 0.25) is 17.6 Å². The van der Waals surface area contributed by atoms with Gasteiger partial charge in [-0.25, -0.2) is 0 Å².